The number of thiazole rings is 1. The number of hydrogen-bond donors (Lipinski definition) is 1. The smallest absolute Gasteiger partial charge is 0.150 e. The quantitative estimate of drug-likeness (QED) is 0.618. The van der Waals surface area contributed by atoms with Gasteiger partial charge in [-0.05, 0) is 19.4 Å². The minimum atomic E-state index is -1.63. The summed E-state index contributed by atoms with van der Waals surface area (Å²) in [6.07, 6.45) is 3.61. The van der Waals surface area contributed by atoms with E-state index in [9.17, 15) is 13.9 Å². The van der Waals surface area contributed by atoms with E-state index >= 15 is 0 Å². The first-order chi connectivity index (χ1) is 12.4. The van der Waals surface area contributed by atoms with Crippen LogP contribution in [-0.4, -0.2) is 30.1 Å². The van der Waals surface area contributed by atoms with Gasteiger partial charge in [0.15, 0.2) is 0 Å². The van der Waals surface area contributed by atoms with E-state index in [0.29, 0.717) is 0 Å². The number of aryl methyl sites for hydroxylation is 1. The second-order valence-electron chi connectivity index (χ2n) is 5.86. The van der Waals surface area contributed by atoms with E-state index in [-0.39, 0.29) is 12.1 Å². The SMILES string of the molecule is CCc1csc(S[C@H](C)C(O)(Cn2cncn2)c2ccc(F)cc2F)n1. The van der Waals surface area contributed by atoms with E-state index in [4.69, 9.17) is 0 Å². The summed E-state index contributed by atoms with van der Waals surface area (Å²) in [5, 5.41) is 16.9. The molecule has 5 nitrogen and oxygen atoms in total. The number of benzene rings is 1. The Balaban J connectivity index is 1.95. The molecule has 26 heavy (non-hydrogen) atoms. The van der Waals surface area contributed by atoms with Crippen molar-refractivity contribution in [1.82, 2.24) is 19.7 Å². The van der Waals surface area contributed by atoms with Crippen LogP contribution >= 0.6 is 23.1 Å². The first-order valence-electron chi connectivity index (χ1n) is 8.03. The van der Waals surface area contributed by atoms with Gasteiger partial charge in [-0.25, -0.2) is 23.4 Å². The van der Waals surface area contributed by atoms with Gasteiger partial charge in [0, 0.05) is 22.3 Å². The largest absolute Gasteiger partial charge is 0.382 e. The summed E-state index contributed by atoms with van der Waals surface area (Å²) in [6.45, 7) is 3.79. The van der Waals surface area contributed by atoms with Crippen molar-refractivity contribution in [1.29, 1.82) is 0 Å². The number of aromatic nitrogens is 4. The second-order valence-corrected chi connectivity index (χ2v) is 8.31. The molecular formula is C17H18F2N4OS2. The van der Waals surface area contributed by atoms with E-state index in [1.54, 1.807) is 6.92 Å². The van der Waals surface area contributed by atoms with Crippen molar-refractivity contribution in [3.05, 3.63) is 59.1 Å². The van der Waals surface area contributed by atoms with Gasteiger partial charge in [-0.3, -0.25) is 0 Å². The summed E-state index contributed by atoms with van der Waals surface area (Å²) in [5.41, 5.74) is -0.645. The van der Waals surface area contributed by atoms with Crippen LogP contribution in [0.4, 0.5) is 8.78 Å². The van der Waals surface area contributed by atoms with Gasteiger partial charge in [0.05, 0.1) is 12.2 Å². The van der Waals surface area contributed by atoms with Gasteiger partial charge in [0.1, 0.15) is 34.2 Å². The lowest BCUT2D eigenvalue weighted by Crippen LogP contribution is -2.41. The molecule has 2 atom stereocenters. The van der Waals surface area contributed by atoms with Crippen molar-refractivity contribution in [3.63, 3.8) is 0 Å². The average Bonchev–Trinajstić information content (AvgIpc) is 3.26. The van der Waals surface area contributed by atoms with Crippen LogP contribution in [0.2, 0.25) is 0 Å². The van der Waals surface area contributed by atoms with Gasteiger partial charge in [-0.1, -0.05) is 24.8 Å². The lowest BCUT2D eigenvalue weighted by atomic mass is 9.90. The molecule has 0 spiro atoms. The first kappa shape index (κ1) is 18.9. The second kappa shape index (κ2) is 7.81. The predicted octanol–water partition coefficient (Wildman–Crippen LogP) is 3.64. The normalized spacial score (nSPS) is 15.0. The molecule has 1 unspecified atom stereocenters. The third kappa shape index (κ3) is 3.94. The van der Waals surface area contributed by atoms with Crippen LogP contribution in [0, 0.1) is 11.6 Å². The molecule has 3 rings (SSSR count). The number of aliphatic hydroxyl groups is 1. The van der Waals surface area contributed by atoms with E-state index in [0.717, 1.165) is 28.6 Å². The Morgan fingerprint density at radius 2 is 2.19 bits per heavy atom. The maximum Gasteiger partial charge on any atom is 0.150 e. The minimum absolute atomic E-state index is 0.0154. The molecule has 3 aromatic rings. The fraction of sp³-hybridized carbons (Fsp3) is 0.353. The van der Waals surface area contributed by atoms with Crippen molar-refractivity contribution in [2.24, 2.45) is 0 Å². The van der Waals surface area contributed by atoms with Crippen LogP contribution in [0.25, 0.3) is 0 Å². The maximum absolute atomic E-state index is 14.5. The van der Waals surface area contributed by atoms with Gasteiger partial charge in [0.25, 0.3) is 0 Å². The summed E-state index contributed by atoms with van der Waals surface area (Å²) in [7, 11) is 0. The molecule has 138 valence electrons. The van der Waals surface area contributed by atoms with Gasteiger partial charge in [-0.2, -0.15) is 5.10 Å². The summed E-state index contributed by atoms with van der Waals surface area (Å²) in [6, 6.07) is 3.19. The molecule has 0 amide bonds. The Bertz CT molecular complexity index is 872. The van der Waals surface area contributed by atoms with Gasteiger partial charge >= 0.3 is 0 Å². The van der Waals surface area contributed by atoms with E-state index in [1.807, 2.05) is 12.3 Å². The summed E-state index contributed by atoms with van der Waals surface area (Å²) in [4.78, 5) is 8.36. The molecule has 0 saturated carbocycles. The Kier molecular flexibility index (Phi) is 5.69. The highest BCUT2D eigenvalue weighted by molar-refractivity contribution is 8.01. The van der Waals surface area contributed by atoms with Crippen LogP contribution in [-0.2, 0) is 18.6 Å². The summed E-state index contributed by atoms with van der Waals surface area (Å²) < 4.78 is 30.0. The summed E-state index contributed by atoms with van der Waals surface area (Å²) >= 11 is 2.83. The molecule has 9 heteroatoms. The molecule has 0 bridgehead atoms. The number of nitrogens with zero attached hydrogens (tertiary/aromatic N) is 4. The van der Waals surface area contributed by atoms with Gasteiger partial charge in [-0.15, -0.1) is 11.3 Å². The lowest BCUT2D eigenvalue weighted by molar-refractivity contribution is 0.0133. The first-order valence-corrected chi connectivity index (χ1v) is 9.79. The molecule has 0 radical (unpaired) electrons. The third-order valence-electron chi connectivity index (χ3n) is 4.11. The van der Waals surface area contributed by atoms with Gasteiger partial charge < -0.3 is 5.11 Å². The Morgan fingerprint density at radius 3 is 2.81 bits per heavy atom. The molecule has 0 aliphatic heterocycles. The van der Waals surface area contributed by atoms with Crippen LogP contribution in [0.5, 0.6) is 0 Å². The fourth-order valence-corrected chi connectivity index (χ4v) is 4.88. The number of thioether (sulfide) groups is 1. The number of hydrogen-bond acceptors (Lipinski definition) is 6. The van der Waals surface area contributed by atoms with Crippen molar-refractivity contribution < 1.29 is 13.9 Å². The number of halogens is 2. The van der Waals surface area contributed by atoms with Crippen molar-refractivity contribution in [2.45, 2.75) is 42.0 Å². The third-order valence-corrected chi connectivity index (χ3v) is 6.41. The van der Waals surface area contributed by atoms with Gasteiger partial charge in [0.2, 0.25) is 0 Å². The molecule has 1 aromatic carbocycles. The van der Waals surface area contributed by atoms with Crippen LogP contribution < -0.4 is 0 Å². The van der Waals surface area contributed by atoms with Crippen molar-refractivity contribution in [3.8, 4) is 0 Å². The van der Waals surface area contributed by atoms with Crippen LogP contribution in [0.15, 0.2) is 40.6 Å². The highest BCUT2D eigenvalue weighted by Crippen LogP contribution is 2.40. The Morgan fingerprint density at radius 1 is 1.38 bits per heavy atom. The topological polar surface area (TPSA) is 63.8 Å². The standard InChI is InChI=1S/C17H18F2N4OS2/c1-3-13-7-25-16(22-13)26-11(2)17(24,8-23-10-20-9-21-23)14-5-4-12(18)6-15(14)19/h4-7,9-11,24H,3,8H2,1-2H3/t11-,17?/m1/s1. The number of rotatable bonds is 7. The monoisotopic (exact) mass is 396 g/mol. The zero-order valence-electron chi connectivity index (χ0n) is 14.3. The van der Waals surface area contributed by atoms with E-state index in [2.05, 4.69) is 15.1 Å². The van der Waals surface area contributed by atoms with Crippen LogP contribution in [0.1, 0.15) is 25.1 Å². The average molecular weight is 396 g/mol. The van der Waals surface area contributed by atoms with Crippen molar-refractivity contribution >= 4 is 23.1 Å². The Labute approximate surface area is 158 Å². The molecule has 0 aliphatic rings. The van der Waals surface area contributed by atoms with E-state index in [1.165, 1.54) is 46.5 Å². The molecule has 1 N–H and O–H groups in total. The fourth-order valence-electron chi connectivity index (χ4n) is 2.59. The zero-order chi connectivity index (χ0) is 18.7. The highest BCUT2D eigenvalue weighted by Gasteiger charge is 2.40. The van der Waals surface area contributed by atoms with Crippen LogP contribution in [0.3, 0.4) is 0 Å². The predicted molar refractivity (Wildman–Crippen MR) is 97.1 cm³/mol. The molecule has 2 aromatic heterocycles. The van der Waals surface area contributed by atoms with E-state index < -0.39 is 22.5 Å². The minimum Gasteiger partial charge on any atom is -0.382 e. The van der Waals surface area contributed by atoms with Crippen molar-refractivity contribution in [2.75, 3.05) is 0 Å². The highest BCUT2D eigenvalue weighted by atomic mass is 32.2. The summed E-state index contributed by atoms with van der Waals surface area (Å²) in [5.74, 6) is -1.49. The molecule has 0 fully saturated rings. The molecule has 2 heterocycles. The zero-order valence-corrected chi connectivity index (χ0v) is 15.9. The molecule has 0 saturated heterocycles. The Hall–Kier alpha value is -1.84. The molecule has 0 aliphatic carbocycles. The maximum atomic E-state index is 14.5. The molecular weight excluding hydrogens is 378 g/mol. The lowest BCUT2D eigenvalue weighted by Gasteiger charge is -2.34.